The van der Waals surface area contributed by atoms with E-state index in [1.807, 2.05) is 0 Å². The van der Waals surface area contributed by atoms with Gasteiger partial charge in [-0.3, -0.25) is 0 Å². The van der Waals surface area contributed by atoms with Crippen molar-refractivity contribution in [3.63, 3.8) is 0 Å². The van der Waals surface area contributed by atoms with Gasteiger partial charge in [-0.05, 0) is 44.6 Å². The van der Waals surface area contributed by atoms with Crippen molar-refractivity contribution in [1.29, 1.82) is 0 Å². The van der Waals surface area contributed by atoms with Crippen molar-refractivity contribution in [2.45, 2.75) is 23.8 Å². The SMILES string of the molecule is CN1CCCC1CNc1cc(S(N)(=O)=O)ccc1N. The smallest absolute Gasteiger partial charge is 0.238 e. The molecule has 19 heavy (non-hydrogen) atoms. The lowest BCUT2D eigenvalue weighted by molar-refractivity contribution is 0.322. The molecular weight excluding hydrogens is 264 g/mol. The number of likely N-dealkylation sites (N-methyl/N-ethyl adjacent to an activating group) is 1. The predicted molar refractivity (Wildman–Crippen MR) is 76.4 cm³/mol. The number of anilines is 2. The van der Waals surface area contributed by atoms with Crippen LogP contribution in [-0.4, -0.2) is 39.5 Å². The number of hydrogen-bond donors (Lipinski definition) is 3. The summed E-state index contributed by atoms with van der Waals surface area (Å²) < 4.78 is 22.6. The van der Waals surface area contributed by atoms with E-state index in [1.165, 1.54) is 18.6 Å². The van der Waals surface area contributed by atoms with Gasteiger partial charge in [-0.25, -0.2) is 13.6 Å². The first-order chi connectivity index (χ1) is 8.88. The van der Waals surface area contributed by atoms with Crippen LogP contribution >= 0.6 is 0 Å². The Morgan fingerprint density at radius 1 is 1.47 bits per heavy atom. The fourth-order valence-corrected chi connectivity index (χ4v) is 2.87. The lowest BCUT2D eigenvalue weighted by Crippen LogP contribution is -2.31. The average molecular weight is 284 g/mol. The molecule has 2 rings (SSSR count). The molecule has 1 aliphatic heterocycles. The second-order valence-electron chi connectivity index (χ2n) is 4.95. The average Bonchev–Trinajstić information content (AvgIpc) is 2.72. The summed E-state index contributed by atoms with van der Waals surface area (Å²) in [6.45, 7) is 1.84. The van der Waals surface area contributed by atoms with Gasteiger partial charge in [0.1, 0.15) is 0 Å². The molecule has 1 aromatic carbocycles. The van der Waals surface area contributed by atoms with Gasteiger partial charge in [0.2, 0.25) is 10.0 Å². The molecule has 0 amide bonds. The van der Waals surface area contributed by atoms with Crippen molar-refractivity contribution in [2.24, 2.45) is 5.14 Å². The Labute approximate surface area is 113 Å². The van der Waals surface area contributed by atoms with Crippen molar-refractivity contribution in [2.75, 3.05) is 31.2 Å². The highest BCUT2D eigenvalue weighted by Crippen LogP contribution is 2.23. The minimum atomic E-state index is -3.70. The van der Waals surface area contributed by atoms with Crippen molar-refractivity contribution in [3.05, 3.63) is 18.2 Å². The molecule has 1 fully saturated rings. The summed E-state index contributed by atoms with van der Waals surface area (Å²) in [5, 5.41) is 8.32. The normalized spacial score (nSPS) is 20.6. The third-order valence-corrected chi connectivity index (χ3v) is 4.46. The van der Waals surface area contributed by atoms with Crippen LogP contribution < -0.4 is 16.2 Å². The predicted octanol–water partition coefficient (Wildman–Crippen LogP) is 0.422. The van der Waals surface area contributed by atoms with Gasteiger partial charge in [0, 0.05) is 12.6 Å². The van der Waals surface area contributed by atoms with Gasteiger partial charge >= 0.3 is 0 Å². The first kappa shape index (κ1) is 14.1. The molecule has 1 unspecified atom stereocenters. The number of hydrogen-bond acceptors (Lipinski definition) is 5. The fourth-order valence-electron chi connectivity index (χ4n) is 2.33. The maximum Gasteiger partial charge on any atom is 0.238 e. The first-order valence-corrected chi connectivity index (χ1v) is 7.79. The van der Waals surface area contributed by atoms with Gasteiger partial charge in [-0.2, -0.15) is 0 Å². The number of sulfonamides is 1. The van der Waals surface area contributed by atoms with Crippen molar-refractivity contribution < 1.29 is 8.42 Å². The first-order valence-electron chi connectivity index (χ1n) is 6.24. The zero-order valence-corrected chi connectivity index (χ0v) is 11.8. The van der Waals surface area contributed by atoms with E-state index >= 15 is 0 Å². The Morgan fingerprint density at radius 2 is 2.21 bits per heavy atom. The second-order valence-corrected chi connectivity index (χ2v) is 6.51. The molecular formula is C12H20N4O2S. The van der Waals surface area contributed by atoms with Gasteiger partial charge in [0.05, 0.1) is 16.3 Å². The molecule has 1 saturated heterocycles. The summed E-state index contributed by atoms with van der Waals surface area (Å²) in [7, 11) is -1.61. The highest BCUT2D eigenvalue weighted by Gasteiger charge is 2.20. The van der Waals surface area contributed by atoms with E-state index in [9.17, 15) is 8.42 Å². The van der Waals surface area contributed by atoms with Crippen LogP contribution in [0.5, 0.6) is 0 Å². The Hall–Kier alpha value is -1.31. The Balaban J connectivity index is 2.11. The van der Waals surface area contributed by atoms with E-state index < -0.39 is 10.0 Å². The summed E-state index contributed by atoms with van der Waals surface area (Å²) in [6, 6.07) is 4.91. The molecule has 1 heterocycles. The van der Waals surface area contributed by atoms with E-state index in [-0.39, 0.29) is 4.90 Å². The third-order valence-electron chi connectivity index (χ3n) is 3.55. The largest absolute Gasteiger partial charge is 0.397 e. The Kier molecular flexibility index (Phi) is 3.98. The van der Waals surface area contributed by atoms with Crippen LogP contribution in [0.2, 0.25) is 0 Å². The van der Waals surface area contributed by atoms with Crippen LogP contribution in [-0.2, 0) is 10.0 Å². The van der Waals surface area contributed by atoms with Crippen molar-refractivity contribution >= 4 is 21.4 Å². The highest BCUT2D eigenvalue weighted by molar-refractivity contribution is 7.89. The third kappa shape index (κ3) is 3.37. The van der Waals surface area contributed by atoms with Gasteiger partial charge in [-0.15, -0.1) is 0 Å². The highest BCUT2D eigenvalue weighted by atomic mass is 32.2. The number of nitrogens with zero attached hydrogens (tertiary/aromatic N) is 1. The molecule has 7 heteroatoms. The molecule has 1 aromatic rings. The van der Waals surface area contributed by atoms with E-state index in [0.717, 1.165) is 19.5 Å². The molecule has 0 bridgehead atoms. The molecule has 1 atom stereocenters. The molecule has 106 valence electrons. The van der Waals surface area contributed by atoms with Gasteiger partial charge in [-0.1, -0.05) is 0 Å². The lowest BCUT2D eigenvalue weighted by Gasteiger charge is -2.21. The lowest BCUT2D eigenvalue weighted by atomic mass is 10.2. The van der Waals surface area contributed by atoms with Crippen molar-refractivity contribution in [3.8, 4) is 0 Å². The maximum atomic E-state index is 11.3. The molecule has 0 spiro atoms. The number of nitrogens with two attached hydrogens (primary N) is 2. The molecule has 0 aliphatic carbocycles. The van der Waals surface area contributed by atoms with E-state index in [1.54, 1.807) is 6.07 Å². The molecule has 1 aliphatic rings. The topological polar surface area (TPSA) is 101 Å². The van der Waals surface area contributed by atoms with Crippen LogP contribution in [0, 0.1) is 0 Å². The molecule has 6 nitrogen and oxygen atoms in total. The van der Waals surface area contributed by atoms with E-state index in [0.29, 0.717) is 17.4 Å². The molecule has 0 aromatic heterocycles. The standard InChI is InChI=1S/C12H20N4O2S/c1-16-6-2-3-9(16)8-15-12-7-10(19(14,17)18)4-5-11(12)13/h4-5,7,9,15H,2-3,6,8,13H2,1H3,(H2,14,17,18). The van der Waals surface area contributed by atoms with Gasteiger partial charge in [0.25, 0.3) is 0 Å². The fraction of sp³-hybridized carbons (Fsp3) is 0.500. The second kappa shape index (κ2) is 5.36. The van der Waals surface area contributed by atoms with E-state index in [2.05, 4.69) is 17.3 Å². The summed E-state index contributed by atoms with van der Waals surface area (Å²) in [5.74, 6) is 0. The Morgan fingerprint density at radius 3 is 2.79 bits per heavy atom. The van der Waals surface area contributed by atoms with Crippen LogP contribution in [0.4, 0.5) is 11.4 Å². The summed E-state index contributed by atoms with van der Waals surface area (Å²) in [6.07, 6.45) is 2.33. The summed E-state index contributed by atoms with van der Waals surface area (Å²) in [5.41, 5.74) is 6.98. The minimum absolute atomic E-state index is 0.0731. The van der Waals surface area contributed by atoms with Crippen LogP contribution in [0.25, 0.3) is 0 Å². The van der Waals surface area contributed by atoms with Gasteiger partial charge in [0.15, 0.2) is 0 Å². The maximum absolute atomic E-state index is 11.3. The Bertz CT molecular complexity index is 559. The molecule has 5 N–H and O–H groups in total. The summed E-state index contributed by atoms with van der Waals surface area (Å²) >= 11 is 0. The minimum Gasteiger partial charge on any atom is -0.397 e. The monoisotopic (exact) mass is 284 g/mol. The van der Waals surface area contributed by atoms with E-state index in [4.69, 9.17) is 10.9 Å². The van der Waals surface area contributed by atoms with Crippen molar-refractivity contribution in [1.82, 2.24) is 4.90 Å². The zero-order valence-electron chi connectivity index (χ0n) is 11.0. The van der Waals surface area contributed by atoms with Crippen LogP contribution in [0.15, 0.2) is 23.1 Å². The number of nitrogen functional groups attached to an aromatic ring is 1. The molecule has 0 saturated carbocycles. The number of rotatable bonds is 4. The van der Waals surface area contributed by atoms with Gasteiger partial charge < -0.3 is 16.0 Å². The quantitative estimate of drug-likeness (QED) is 0.696. The number of nitrogens with one attached hydrogen (secondary N) is 1. The number of likely N-dealkylation sites (tertiary alicyclic amines) is 1. The summed E-state index contributed by atoms with van der Waals surface area (Å²) in [4.78, 5) is 2.36. The zero-order chi connectivity index (χ0) is 14.0. The number of benzene rings is 1. The van der Waals surface area contributed by atoms with Crippen LogP contribution in [0.1, 0.15) is 12.8 Å². The molecule has 0 radical (unpaired) electrons. The van der Waals surface area contributed by atoms with Crippen LogP contribution in [0.3, 0.4) is 0 Å². The number of primary sulfonamides is 1.